The fraction of sp³-hybridized carbons (Fsp3) is 0.500. The minimum absolute atomic E-state index is 0.00563. The number of hydrogen-bond donors (Lipinski definition) is 2. The molecule has 0 heterocycles. The Hall–Kier alpha value is -1.18. The zero-order valence-electron chi connectivity index (χ0n) is 10.8. The van der Waals surface area contributed by atoms with Gasteiger partial charge < -0.3 is 10.8 Å². The normalized spacial score (nSPS) is 12.0. The number of sulfonamides is 1. The number of nitrogens with zero attached hydrogens (tertiary/aromatic N) is 1. The van der Waals surface area contributed by atoms with Crippen LogP contribution in [-0.2, 0) is 10.0 Å². The lowest BCUT2D eigenvalue weighted by molar-refractivity contribution is 0.252. The summed E-state index contributed by atoms with van der Waals surface area (Å²) in [6, 6.07) is 3.39. The molecule has 0 spiro atoms. The lowest BCUT2D eigenvalue weighted by atomic mass is 10.3. The second-order valence-electron chi connectivity index (χ2n) is 4.16. The van der Waals surface area contributed by atoms with E-state index in [9.17, 15) is 12.8 Å². The van der Waals surface area contributed by atoms with Crippen molar-refractivity contribution in [3.63, 3.8) is 0 Å². The largest absolute Gasteiger partial charge is 0.396 e. The van der Waals surface area contributed by atoms with Crippen molar-refractivity contribution in [2.24, 2.45) is 0 Å². The van der Waals surface area contributed by atoms with E-state index in [4.69, 9.17) is 10.8 Å². The number of unbranched alkanes of at least 4 members (excludes halogenated alkanes) is 1. The highest BCUT2D eigenvalue weighted by Gasteiger charge is 2.24. The second-order valence-corrected chi connectivity index (χ2v) is 6.10. The number of nitrogens with two attached hydrogens (primary N) is 1. The van der Waals surface area contributed by atoms with E-state index in [0.717, 1.165) is 16.8 Å². The van der Waals surface area contributed by atoms with E-state index in [0.29, 0.717) is 13.0 Å². The van der Waals surface area contributed by atoms with E-state index in [1.54, 1.807) is 0 Å². The summed E-state index contributed by atoms with van der Waals surface area (Å²) in [6.45, 7) is 1.95. The molecule has 0 atom stereocenters. The molecule has 0 fully saturated rings. The van der Waals surface area contributed by atoms with Crippen molar-refractivity contribution in [2.45, 2.75) is 24.7 Å². The molecule has 1 aromatic carbocycles. The lowest BCUT2D eigenvalue weighted by Crippen LogP contribution is -2.34. The first-order valence-corrected chi connectivity index (χ1v) is 7.53. The van der Waals surface area contributed by atoms with Crippen molar-refractivity contribution in [1.82, 2.24) is 4.31 Å². The summed E-state index contributed by atoms with van der Waals surface area (Å²) in [4.78, 5) is -0.149. The van der Waals surface area contributed by atoms with Crippen molar-refractivity contribution in [2.75, 3.05) is 25.4 Å². The van der Waals surface area contributed by atoms with Gasteiger partial charge in [0, 0.05) is 13.1 Å². The molecule has 0 bridgehead atoms. The van der Waals surface area contributed by atoms with E-state index in [2.05, 4.69) is 0 Å². The van der Waals surface area contributed by atoms with Gasteiger partial charge in [-0.15, -0.1) is 0 Å². The first kappa shape index (κ1) is 15.9. The molecule has 0 saturated carbocycles. The quantitative estimate of drug-likeness (QED) is 0.739. The van der Waals surface area contributed by atoms with Gasteiger partial charge in [-0.25, -0.2) is 12.8 Å². The molecule has 108 valence electrons. The first-order chi connectivity index (χ1) is 8.93. The average molecular weight is 290 g/mol. The van der Waals surface area contributed by atoms with Crippen LogP contribution in [0.2, 0.25) is 0 Å². The van der Waals surface area contributed by atoms with Gasteiger partial charge >= 0.3 is 0 Å². The molecule has 5 nitrogen and oxygen atoms in total. The Balaban J connectivity index is 3.07. The molecule has 0 amide bonds. The van der Waals surface area contributed by atoms with Crippen LogP contribution in [0.25, 0.3) is 0 Å². The van der Waals surface area contributed by atoms with E-state index < -0.39 is 15.8 Å². The van der Waals surface area contributed by atoms with Crippen LogP contribution in [0.1, 0.15) is 19.8 Å². The highest BCUT2D eigenvalue weighted by Crippen LogP contribution is 2.20. The zero-order chi connectivity index (χ0) is 14.5. The molecule has 0 aromatic heterocycles. The van der Waals surface area contributed by atoms with Gasteiger partial charge in [0.15, 0.2) is 0 Å². The van der Waals surface area contributed by atoms with Gasteiger partial charge in [-0.05, 0) is 24.6 Å². The van der Waals surface area contributed by atoms with Gasteiger partial charge in [-0.1, -0.05) is 13.3 Å². The van der Waals surface area contributed by atoms with Crippen LogP contribution in [0, 0.1) is 5.82 Å². The molecule has 0 aliphatic heterocycles. The van der Waals surface area contributed by atoms with Crippen molar-refractivity contribution < 1.29 is 17.9 Å². The smallest absolute Gasteiger partial charge is 0.243 e. The van der Waals surface area contributed by atoms with Crippen LogP contribution in [0.4, 0.5) is 10.1 Å². The summed E-state index contributed by atoms with van der Waals surface area (Å²) in [6.07, 6.45) is 1.50. The molecular formula is C12H19FN2O3S. The van der Waals surface area contributed by atoms with Crippen LogP contribution in [-0.4, -0.2) is 37.5 Å². The molecule has 3 N–H and O–H groups in total. The third-order valence-electron chi connectivity index (χ3n) is 2.72. The number of anilines is 1. The highest BCUT2D eigenvalue weighted by molar-refractivity contribution is 7.89. The Morgan fingerprint density at radius 2 is 2.05 bits per heavy atom. The summed E-state index contributed by atoms with van der Waals surface area (Å²) in [7, 11) is -3.80. The van der Waals surface area contributed by atoms with Gasteiger partial charge in [0.1, 0.15) is 5.82 Å². The molecule has 0 unspecified atom stereocenters. The maximum atomic E-state index is 13.4. The van der Waals surface area contributed by atoms with Crippen molar-refractivity contribution >= 4 is 15.7 Å². The van der Waals surface area contributed by atoms with Crippen LogP contribution >= 0.6 is 0 Å². The topological polar surface area (TPSA) is 83.6 Å². The van der Waals surface area contributed by atoms with Gasteiger partial charge in [0.05, 0.1) is 17.2 Å². The highest BCUT2D eigenvalue weighted by atomic mass is 32.2. The number of nitrogen functional groups attached to an aromatic ring is 1. The predicted octanol–water partition coefficient (Wildman–Crippen LogP) is 1.19. The summed E-state index contributed by atoms with van der Waals surface area (Å²) >= 11 is 0. The van der Waals surface area contributed by atoms with Crippen LogP contribution < -0.4 is 5.73 Å². The molecular weight excluding hydrogens is 271 g/mol. The van der Waals surface area contributed by atoms with Gasteiger partial charge in [0.2, 0.25) is 10.0 Å². The third-order valence-corrected chi connectivity index (χ3v) is 4.61. The van der Waals surface area contributed by atoms with Crippen LogP contribution in [0.5, 0.6) is 0 Å². The van der Waals surface area contributed by atoms with Gasteiger partial charge in [0.25, 0.3) is 0 Å². The minimum atomic E-state index is -3.80. The van der Waals surface area contributed by atoms with Crippen molar-refractivity contribution in [1.29, 1.82) is 0 Å². The number of aliphatic hydroxyl groups is 1. The standard InChI is InChI=1S/C12H19FN2O3S/c1-2-3-6-15(7-8-16)19(17,18)10-4-5-12(14)11(13)9-10/h4-5,9,16H,2-3,6-8,14H2,1H3. The molecule has 0 radical (unpaired) electrons. The number of halogens is 1. The fourth-order valence-electron chi connectivity index (χ4n) is 1.62. The Kier molecular flexibility index (Phi) is 5.71. The van der Waals surface area contributed by atoms with Crippen LogP contribution in [0.15, 0.2) is 23.1 Å². The van der Waals surface area contributed by atoms with E-state index >= 15 is 0 Å². The molecule has 7 heteroatoms. The lowest BCUT2D eigenvalue weighted by Gasteiger charge is -2.21. The summed E-state index contributed by atoms with van der Waals surface area (Å²) in [5.74, 6) is -0.763. The molecule has 0 aliphatic rings. The third kappa shape index (κ3) is 3.89. The molecule has 0 saturated heterocycles. The number of benzene rings is 1. The number of aliphatic hydroxyl groups excluding tert-OH is 1. The van der Waals surface area contributed by atoms with Crippen molar-refractivity contribution in [3.05, 3.63) is 24.0 Å². The second kappa shape index (κ2) is 6.83. The molecule has 19 heavy (non-hydrogen) atoms. The van der Waals surface area contributed by atoms with Gasteiger partial charge in [-0.2, -0.15) is 4.31 Å². The first-order valence-electron chi connectivity index (χ1n) is 6.09. The Morgan fingerprint density at radius 1 is 1.37 bits per heavy atom. The Labute approximate surface area is 112 Å². The monoisotopic (exact) mass is 290 g/mol. The summed E-state index contributed by atoms with van der Waals surface area (Å²) in [5.41, 5.74) is 5.23. The summed E-state index contributed by atoms with van der Waals surface area (Å²) in [5, 5.41) is 8.94. The van der Waals surface area contributed by atoms with Crippen LogP contribution in [0.3, 0.4) is 0 Å². The van der Waals surface area contributed by atoms with E-state index in [-0.39, 0.29) is 23.7 Å². The minimum Gasteiger partial charge on any atom is -0.396 e. The van der Waals surface area contributed by atoms with Gasteiger partial charge in [-0.3, -0.25) is 0 Å². The zero-order valence-corrected chi connectivity index (χ0v) is 11.7. The van der Waals surface area contributed by atoms with E-state index in [1.807, 2.05) is 6.92 Å². The SMILES string of the molecule is CCCCN(CCO)S(=O)(=O)c1ccc(N)c(F)c1. The molecule has 0 aliphatic carbocycles. The Morgan fingerprint density at radius 3 is 2.58 bits per heavy atom. The summed E-state index contributed by atoms with van der Waals surface area (Å²) < 4.78 is 39.1. The molecule has 1 aromatic rings. The van der Waals surface area contributed by atoms with E-state index in [1.165, 1.54) is 12.1 Å². The average Bonchev–Trinajstić information content (AvgIpc) is 2.37. The number of rotatable bonds is 7. The number of hydrogen-bond acceptors (Lipinski definition) is 4. The van der Waals surface area contributed by atoms with Crippen molar-refractivity contribution in [3.8, 4) is 0 Å². The predicted molar refractivity (Wildman–Crippen MR) is 71.6 cm³/mol. The maximum absolute atomic E-state index is 13.4. The Bertz CT molecular complexity index is 520. The molecule has 1 rings (SSSR count). The maximum Gasteiger partial charge on any atom is 0.243 e. The fourth-order valence-corrected chi connectivity index (χ4v) is 3.10.